The van der Waals surface area contributed by atoms with Crippen molar-refractivity contribution in [2.75, 3.05) is 5.32 Å². The minimum absolute atomic E-state index is 0.120. The molecule has 1 amide bonds. The summed E-state index contributed by atoms with van der Waals surface area (Å²) in [7, 11) is -3.41. The largest absolute Gasteiger partial charge is 0.403 e. The first kappa shape index (κ1) is 20.3. The molecule has 0 saturated heterocycles. The Labute approximate surface area is 171 Å². The van der Waals surface area contributed by atoms with Gasteiger partial charge in [0, 0.05) is 10.6 Å². The number of nitrogens with zero attached hydrogens (tertiary/aromatic N) is 2. The minimum atomic E-state index is -3.41. The molecule has 1 aromatic heterocycles. The van der Waals surface area contributed by atoms with Gasteiger partial charge >= 0.3 is 6.01 Å². The van der Waals surface area contributed by atoms with Crippen LogP contribution in [0.1, 0.15) is 24.2 Å². The van der Waals surface area contributed by atoms with Gasteiger partial charge in [-0.1, -0.05) is 28.3 Å². The van der Waals surface area contributed by atoms with E-state index in [1.807, 2.05) is 0 Å². The van der Waals surface area contributed by atoms with Crippen molar-refractivity contribution in [1.82, 2.24) is 10.2 Å². The van der Waals surface area contributed by atoms with Crippen LogP contribution in [-0.2, 0) is 9.84 Å². The summed E-state index contributed by atoms with van der Waals surface area (Å²) in [5.41, 5.74) is 0.717. The number of hydrogen-bond donors (Lipinski definition) is 1. The first-order valence-electron chi connectivity index (χ1n) is 8.12. The zero-order chi connectivity index (χ0) is 20.5. The number of aromatic nitrogens is 2. The summed E-state index contributed by atoms with van der Waals surface area (Å²) in [6.07, 6.45) is 0. The minimum Gasteiger partial charge on any atom is -0.403 e. The predicted molar refractivity (Wildman–Crippen MR) is 106 cm³/mol. The summed E-state index contributed by atoms with van der Waals surface area (Å²) in [4.78, 5) is 12.5. The highest BCUT2D eigenvalue weighted by Crippen LogP contribution is 2.30. The van der Waals surface area contributed by atoms with Crippen LogP contribution in [0.5, 0.6) is 0 Å². The number of rotatable bonds is 5. The highest BCUT2D eigenvalue weighted by molar-refractivity contribution is 7.92. The van der Waals surface area contributed by atoms with E-state index in [2.05, 4.69) is 15.5 Å². The van der Waals surface area contributed by atoms with Crippen LogP contribution in [0.4, 0.5) is 6.01 Å². The number of carbonyl (C=O) groups excluding carboxylic acids is 1. The SMILES string of the molecule is CC(C)S(=O)(=O)c1ccc(C(=O)Nc2nnc(-c3ccc(Cl)cc3Cl)o2)cc1. The van der Waals surface area contributed by atoms with Gasteiger partial charge in [0.25, 0.3) is 11.8 Å². The molecule has 1 heterocycles. The van der Waals surface area contributed by atoms with Crippen LogP contribution in [0.15, 0.2) is 51.8 Å². The summed E-state index contributed by atoms with van der Waals surface area (Å²) in [5, 5.41) is 10.3. The Bertz CT molecular complexity index is 1130. The van der Waals surface area contributed by atoms with Gasteiger partial charge in [0.15, 0.2) is 9.84 Å². The van der Waals surface area contributed by atoms with Crippen LogP contribution < -0.4 is 5.32 Å². The van der Waals surface area contributed by atoms with Gasteiger partial charge in [0.05, 0.1) is 20.7 Å². The molecular weight excluding hydrogens is 425 g/mol. The maximum atomic E-state index is 12.3. The second-order valence-electron chi connectivity index (χ2n) is 6.11. The van der Waals surface area contributed by atoms with Gasteiger partial charge in [-0.2, -0.15) is 0 Å². The van der Waals surface area contributed by atoms with E-state index in [9.17, 15) is 13.2 Å². The van der Waals surface area contributed by atoms with Crippen molar-refractivity contribution in [3.8, 4) is 11.5 Å². The van der Waals surface area contributed by atoms with E-state index in [4.69, 9.17) is 27.6 Å². The van der Waals surface area contributed by atoms with Gasteiger partial charge < -0.3 is 4.42 Å². The lowest BCUT2D eigenvalue weighted by atomic mass is 10.2. The Hall–Kier alpha value is -2.42. The molecule has 0 spiro atoms. The van der Waals surface area contributed by atoms with Crippen molar-refractivity contribution in [1.29, 1.82) is 0 Å². The fraction of sp³-hybridized carbons (Fsp3) is 0.167. The Balaban J connectivity index is 1.76. The lowest BCUT2D eigenvalue weighted by Crippen LogP contribution is -2.15. The molecule has 0 aliphatic rings. The number of carbonyl (C=O) groups is 1. The second kappa shape index (κ2) is 7.90. The molecule has 1 N–H and O–H groups in total. The van der Waals surface area contributed by atoms with Gasteiger partial charge in [0.2, 0.25) is 0 Å². The number of hydrogen-bond acceptors (Lipinski definition) is 6. The molecular formula is C18H15Cl2N3O4S. The third-order valence-electron chi connectivity index (χ3n) is 3.87. The first-order chi connectivity index (χ1) is 13.2. The molecule has 0 atom stereocenters. The number of nitrogens with one attached hydrogen (secondary N) is 1. The molecule has 3 aromatic rings. The average molecular weight is 440 g/mol. The van der Waals surface area contributed by atoms with Crippen LogP contribution in [-0.4, -0.2) is 29.8 Å². The maximum Gasteiger partial charge on any atom is 0.322 e. The third-order valence-corrected chi connectivity index (χ3v) is 6.59. The summed E-state index contributed by atoms with van der Waals surface area (Å²) in [5.74, 6) is -0.402. The molecule has 0 radical (unpaired) electrons. The fourth-order valence-electron chi connectivity index (χ4n) is 2.28. The van der Waals surface area contributed by atoms with Crippen molar-refractivity contribution >= 4 is 45.0 Å². The average Bonchev–Trinajstić information content (AvgIpc) is 3.09. The van der Waals surface area contributed by atoms with Crippen molar-refractivity contribution in [3.63, 3.8) is 0 Å². The quantitative estimate of drug-likeness (QED) is 0.628. The zero-order valence-corrected chi connectivity index (χ0v) is 17.1. The molecule has 28 heavy (non-hydrogen) atoms. The molecule has 0 bridgehead atoms. The lowest BCUT2D eigenvalue weighted by Gasteiger charge is -2.08. The second-order valence-corrected chi connectivity index (χ2v) is 9.46. The smallest absolute Gasteiger partial charge is 0.322 e. The lowest BCUT2D eigenvalue weighted by molar-refractivity contribution is 0.102. The monoisotopic (exact) mass is 439 g/mol. The summed E-state index contributed by atoms with van der Waals surface area (Å²) < 4.78 is 29.7. The Morgan fingerprint density at radius 2 is 1.75 bits per heavy atom. The molecule has 0 unspecified atom stereocenters. The molecule has 10 heteroatoms. The first-order valence-corrected chi connectivity index (χ1v) is 10.4. The van der Waals surface area contributed by atoms with E-state index in [1.165, 1.54) is 30.3 Å². The van der Waals surface area contributed by atoms with E-state index >= 15 is 0 Å². The summed E-state index contributed by atoms with van der Waals surface area (Å²) >= 11 is 12.0. The normalized spacial score (nSPS) is 11.6. The van der Waals surface area contributed by atoms with Crippen molar-refractivity contribution in [2.24, 2.45) is 0 Å². The van der Waals surface area contributed by atoms with Crippen molar-refractivity contribution < 1.29 is 17.6 Å². The van der Waals surface area contributed by atoms with Gasteiger partial charge in [-0.05, 0) is 56.3 Å². The number of benzene rings is 2. The van der Waals surface area contributed by atoms with Crippen molar-refractivity contribution in [2.45, 2.75) is 24.0 Å². The third kappa shape index (κ3) is 4.19. The highest BCUT2D eigenvalue weighted by Gasteiger charge is 2.20. The van der Waals surface area contributed by atoms with Gasteiger partial charge in [-0.15, -0.1) is 5.10 Å². The van der Waals surface area contributed by atoms with Crippen LogP contribution in [0.2, 0.25) is 10.0 Å². The Kier molecular flexibility index (Phi) is 5.74. The molecule has 2 aromatic carbocycles. The molecule has 0 saturated carbocycles. The van der Waals surface area contributed by atoms with Crippen LogP contribution in [0, 0.1) is 0 Å². The van der Waals surface area contributed by atoms with Crippen molar-refractivity contribution in [3.05, 3.63) is 58.1 Å². The van der Waals surface area contributed by atoms with Crippen LogP contribution in [0.25, 0.3) is 11.5 Å². The van der Waals surface area contributed by atoms with E-state index in [1.54, 1.807) is 26.0 Å². The molecule has 0 fully saturated rings. The van der Waals surface area contributed by atoms with E-state index < -0.39 is 21.0 Å². The van der Waals surface area contributed by atoms with Crippen LogP contribution >= 0.6 is 23.2 Å². The number of anilines is 1. The Morgan fingerprint density at radius 3 is 2.36 bits per heavy atom. The van der Waals surface area contributed by atoms with Crippen LogP contribution in [0.3, 0.4) is 0 Å². The number of amides is 1. The summed E-state index contributed by atoms with van der Waals surface area (Å²) in [6, 6.07) is 10.3. The van der Waals surface area contributed by atoms with Gasteiger partial charge in [0.1, 0.15) is 0 Å². The summed E-state index contributed by atoms with van der Waals surface area (Å²) in [6.45, 7) is 3.19. The molecule has 3 rings (SSSR count). The number of sulfone groups is 1. The van der Waals surface area contributed by atoms with Gasteiger partial charge in [-0.25, -0.2) is 8.42 Å². The van der Waals surface area contributed by atoms with E-state index in [0.29, 0.717) is 15.6 Å². The predicted octanol–water partition coefficient (Wildman–Crippen LogP) is 4.48. The molecule has 0 aliphatic carbocycles. The highest BCUT2D eigenvalue weighted by atomic mass is 35.5. The topological polar surface area (TPSA) is 102 Å². The maximum absolute atomic E-state index is 12.3. The van der Waals surface area contributed by atoms with E-state index in [-0.39, 0.29) is 22.4 Å². The van der Waals surface area contributed by atoms with Gasteiger partial charge in [-0.3, -0.25) is 10.1 Å². The number of halogens is 2. The fourth-order valence-corrected chi connectivity index (χ4v) is 3.83. The standard InChI is InChI=1S/C18H15Cl2N3O4S/c1-10(2)28(25,26)13-6-3-11(4-7-13)16(24)21-18-23-22-17(27-18)14-8-5-12(19)9-15(14)20/h3-10H,1-2H3,(H,21,23,24). The molecule has 0 aliphatic heterocycles. The molecule has 146 valence electrons. The van der Waals surface area contributed by atoms with E-state index in [0.717, 1.165) is 0 Å². The zero-order valence-electron chi connectivity index (χ0n) is 14.8. The Morgan fingerprint density at radius 1 is 1.07 bits per heavy atom. The molecule has 7 nitrogen and oxygen atoms in total.